The SMILES string of the molecule is CC(C)C(C)/C=C/C(C)C1CCC2C3=C(CCC21C)C1(C)CCC(=O)C=C1C=C3. The summed E-state index contributed by atoms with van der Waals surface area (Å²) in [7, 11) is 0. The Labute approximate surface area is 178 Å². The van der Waals surface area contributed by atoms with E-state index in [2.05, 4.69) is 65.8 Å². The van der Waals surface area contributed by atoms with Gasteiger partial charge in [-0.15, -0.1) is 0 Å². The molecule has 6 unspecified atom stereocenters. The second-order valence-corrected chi connectivity index (χ2v) is 11.3. The molecular weight excluding hydrogens is 352 g/mol. The molecule has 1 heteroatoms. The lowest BCUT2D eigenvalue weighted by molar-refractivity contribution is -0.115. The molecule has 0 aromatic rings. The fourth-order valence-corrected chi connectivity index (χ4v) is 6.92. The molecule has 0 heterocycles. The summed E-state index contributed by atoms with van der Waals surface area (Å²) in [4.78, 5) is 12.0. The molecule has 4 aliphatic carbocycles. The monoisotopic (exact) mass is 392 g/mol. The van der Waals surface area contributed by atoms with Gasteiger partial charge in [-0.05, 0) is 84.3 Å². The summed E-state index contributed by atoms with van der Waals surface area (Å²) in [6.07, 6.45) is 18.5. The van der Waals surface area contributed by atoms with E-state index in [1.54, 1.807) is 11.1 Å². The van der Waals surface area contributed by atoms with Crippen LogP contribution in [-0.2, 0) is 4.79 Å². The maximum absolute atomic E-state index is 12.0. The van der Waals surface area contributed by atoms with Crippen LogP contribution in [0.1, 0.15) is 80.1 Å². The van der Waals surface area contributed by atoms with E-state index in [4.69, 9.17) is 0 Å². The van der Waals surface area contributed by atoms with Crippen LogP contribution in [0.2, 0.25) is 0 Å². The zero-order chi connectivity index (χ0) is 21.0. The van der Waals surface area contributed by atoms with Crippen molar-refractivity contribution in [1.29, 1.82) is 0 Å². The first-order valence-electron chi connectivity index (χ1n) is 12.0. The van der Waals surface area contributed by atoms with Crippen molar-refractivity contribution in [2.45, 2.75) is 80.1 Å². The van der Waals surface area contributed by atoms with Crippen molar-refractivity contribution >= 4 is 5.78 Å². The van der Waals surface area contributed by atoms with E-state index >= 15 is 0 Å². The van der Waals surface area contributed by atoms with Crippen molar-refractivity contribution < 1.29 is 4.79 Å². The van der Waals surface area contributed by atoms with E-state index in [1.807, 2.05) is 6.08 Å². The minimum Gasteiger partial charge on any atom is -0.295 e. The predicted octanol–water partition coefficient (Wildman–Crippen LogP) is 7.46. The Morgan fingerprint density at radius 3 is 2.48 bits per heavy atom. The number of carbonyl (C=O) groups is 1. The van der Waals surface area contributed by atoms with Crippen molar-refractivity contribution in [2.24, 2.45) is 40.4 Å². The zero-order valence-corrected chi connectivity index (χ0v) is 19.4. The lowest BCUT2D eigenvalue weighted by Crippen LogP contribution is -2.40. The molecule has 0 radical (unpaired) electrons. The molecule has 1 fully saturated rings. The third kappa shape index (κ3) is 3.33. The maximum Gasteiger partial charge on any atom is 0.156 e. The summed E-state index contributed by atoms with van der Waals surface area (Å²) in [6.45, 7) is 14.4. The van der Waals surface area contributed by atoms with Gasteiger partial charge in [0.1, 0.15) is 0 Å². The Morgan fingerprint density at radius 1 is 1.00 bits per heavy atom. The second-order valence-electron chi connectivity index (χ2n) is 11.3. The van der Waals surface area contributed by atoms with Gasteiger partial charge in [0.2, 0.25) is 0 Å². The van der Waals surface area contributed by atoms with E-state index in [1.165, 1.54) is 31.3 Å². The summed E-state index contributed by atoms with van der Waals surface area (Å²) < 4.78 is 0. The van der Waals surface area contributed by atoms with Gasteiger partial charge in [-0.3, -0.25) is 4.79 Å². The number of ketones is 1. The smallest absolute Gasteiger partial charge is 0.156 e. The number of hydrogen-bond acceptors (Lipinski definition) is 1. The molecule has 1 nitrogen and oxygen atoms in total. The van der Waals surface area contributed by atoms with Gasteiger partial charge in [0.25, 0.3) is 0 Å². The van der Waals surface area contributed by atoms with Gasteiger partial charge in [0.15, 0.2) is 5.78 Å². The third-order valence-corrected chi connectivity index (χ3v) is 9.39. The second kappa shape index (κ2) is 7.40. The van der Waals surface area contributed by atoms with Gasteiger partial charge in [0, 0.05) is 11.8 Å². The molecule has 0 amide bonds. The van der Waals surface area contributed by atoms with E-state index in [-0.39, 0.29) is 5.41 Å². The van der Waals surface area contributed by atoms with Gasteiger partial charge < -0.3 is 0 Å². The first-order valence-corrected chi connectivity index (χ1v) is 12.0. The molecule has 0 bridgehead atoms. The molecule has 0 aromatic heterocycles. The van der Waals surface area contributed by atoms with Gasteiger partial charge in [0.05, 0.1) is 0 Å². The number of carbonyl (C=O) groups excluding carboxylic acids is 1. The topological polar surface area (TPSA) is 17.1 Å². The Morgan fingerprint density at radius 2 is 1.76 bits per heavy atom. The minimum atomic E-state index is 0.107. The zero-order valence-electron chi connectivity index (χ0n) is 19.4. The van der Waals surface area contributed by atoms with Crippen LogP contribution in [0.3, 0.4) is 0 Å². The first-order chi connectivity index (χ1) is 13.7. The molecule has 29 heavy (non-hydrogen) atoms. The number of rotatable bonds is 4. The molecule has 158 valence electrons. The van der Waals surface area contributed by atoms with Crippen LogP contribution in [0.15, 0.2) is 47.1 Å². The first kappa shape index (κ1) is 20.9. The van der Waals surface area contributed by atoms with Gasteiger partial charge in [-0.2, -0.15) is 0 Å². The maximum atomic E-state index is 12.0. The fraction of sp³-hybridized carbons (Fsp3) is 0.679. The average molecular weight is 393 g/mol. The standard InChI is InChI=1S/C28H40O/c1-18(2)19(3)7-8-20(4)24-11-12-25-23-10-9-21-17-22(29)13-15-27(21,5)26(23)14-16-28(24,25)6/h7-10,17-20,24-25H,11-16H2,1-6H3/b8-7+. The van der Waals surface area contributed by atoms with E-state index in [0.29, 0.717) is 41.3 Å². The normalized spacial score (nSPS) is 38.7. The number of fused-ring (bicyclic) bond motifs is 4. The lowest BCUT2D eigenvalue weighted by Gasteiger charge is -2.50. The lowest BCUT2D eigenvalue weighted by atomic mass is 9.54. The molecule has 0 aromatic carbocycles. The Hall–Kier alpha value is -1.37. The van der Waals surface area contributed by atoms with E-state index in [0.717, 1.165) is 12.3 Å². The Bertz CT molecular complexity index is 806. The minimum absolute atomic E-state index is 0.107. The van der Waals surface area contributed by atoms with Crippen LogP contribution >= 0.6 is 0 Å². The summed E-state index contributed by atoms with van der Waals surface area (Å²) >= 11 is 0. The average Bonchev–Trinajstić information content (AvgIpc) is 3.03. The van der Waals surface area contributed by atoms with Crippen LogP contribution in [0.5, 0.6) is 0 Å². The molecule has 0 spiro atoms. The summed E-state index contributed by atoms with van der Waals surface area (Å²) in [5, 5.41) is 0. The molecule has 0 N–H and O–H groups in total. The largest absolute Gasteiger partial charge is 0.295 e. The van der Waals surface area contributed by atoms with Gasteiger partial charge in [-0.1, -0.05) is 71.4 Å². The van der Waals surface area contributed by atoms with E-state index < -0.39 is 0 Å². The van der Waals surface area contributed by atoms with Crippen molar-refractivity contribution in [3.05, 3.63) is 47.1 Å². The molecule has 0 aliphatic heterocycles. The third-order valence-electron chi connectivity index (χ3n) is 9.39. The number of hydrogen-bond donors (Lipinski definition) is 0. The molecule has 6 atom stereocenters. The highest BCUT2D eigenvalue weighted by Crippen LogP contribution is 2.63. The van der Waals surface area contributed by atoms with Gasteiger partial charge in [-0.25, -0.2) is 0 Å². The van der Waals surface area contributed by atoms with Crippen molar-refractivity contribution in [1.82, 2.24) is 0 Å². The summed E-state index contributed by atoms with van der Waals surface area (Å²) in [6, 6.07) is 0. The van der Waals surface area contributed by atoms with Crippen molar-refractivity contribution in [3.63, 3.8) is 0 Å². The predicted molar refractivity (Wildman–Crippen MR) is 122 cm³/mol. The van der Waals surface area contributed by atoms with Crippen LogP contribution in [-0.4, -0.2) is 5.78 Å². The van der Waals surface area contributed by atoms with Crippen LogP contribution < -0.4 is 0 Å². The fourth-order valence-electron chi connectivity index (χ4n) is 6.92. The quantitative estimate of drug-likeness (QED) is 0.454. The van der Waals surface area contributed by atoms with Crippen molar-refractivity contribution in [3.8, 4) is 0 Å². The number of allylic oxidation sites excluding steroid dienone is 8. The molecule has 0 saturated heterocycles. The van der Waals surface area contributed by atoms with Crippen LogP contribution in [0, 0.1) is 40.4 Å². The Balaban J connectivity index is 1.61. The molecule has 1 saturated carbocycles. The van der Waals surface area contributed by atoms with Gasteiger partial charge >= 0.3 is 0 Å². The molecule has 4 aliphatic rings. The highest BCUT2D eigenvalue weighted by Gasteiger charge is 2.53. The van der Waals surface area contributed by atoms with Crippen LogP contribution in [0.4, 0.5) is 0 Å². The highest BCUT2D eigenvalue weighted by atomic mass is 16.1. The van der Waals surface area contributed by atoms with Crippen molar-refractivity contribution in [2.75, 3.05) is 0 Å². The highest BCUT2D eigenvalue weighted by molar-refractivity contribution is 5.92. The van der Waals surface area contributed by atoms with E-state index in [9.17, 15) is 4.79 Å². The molecular formula is C28H40O. The summed E-state index contributed by atoms with van der Waals surface area (Å²) in [5.41, 5.74) is 5.09. The van der Waals surface area contributed by atoms with Crippen LogP contribution in [0.25, 0.3) is 0 Å². The molecule has 4 rings (SSSR count). The Kier molecular flexibility index (Phi) is 5.33. The summed E-state index contributed by atoms with van der Waals surface area (Å²) in [5.74, 6) is 3.81.